The van der Waals surface area contributed by atoms with Crippen molar-refractivity contribution in [2.45, 2.75) is 38.8 Å². The standard InChI is InChI=1S/C9H16N2O3/c1-9(2,3)11-8(13)14-6-4-7(12)10-5-6/h6H,4-5H2,1-3H3,(H,10,12)(H,11,13)/t6-/m1/s1. The summed E-state index contributed by atoms with van der Waals surface area (Å²) in [5, 5.41) is 5.25. The van der Waals surface area contributed by atoms with E-state index in [-0.39, 0.29) is 24.0 Å². The lowest BCUT2D eigenvalue weighted by Crippen LogP contribution is -2.42. The summed E-state index contributed by atoms with van der Waals surface area (Å²) in [7, 11) is 0. The van der Waals surface area contributed by atoms with Crippen LogP contribution in [0.3, 0.4) is 0 Å². The van der Waals surface area contributed by atoms with E-state index in [2.05, 4.69) is 10.6 Å². The number of hydrogen-bond acceptors (Lipinski definition) is 3. The van der Waals surface area contributed by atoms with Crippen molar-refractivity contribution in [2.75, 3.05) is 6.54 Å². The molecule has 5 nitrogen and oxygen atoms in total. The van der Waals surface area contributed by atoms with E-state index in [0.717, 1.165) is 0 Å². The summed E-state index contributed by atoms with van der Waals surface area (Å²) in [6.45, 7) is 6.02. The van der Waals surface area contributed by atoms with Gasteiger partial charge in [0, 0.05) is 5.54 Å². The molecule has 0 aliphatic carbocycles. The van der Waals surface area contributed by atoms with Crippen LogP contribution in [0.25, 0.3) is 0 Å². The molecule has 0 unspecified atom stereocenters. The molecule has 5 heteroatoms. The normalized spacial score (nSPS) is 21.6. The molecule has 1 atom stereocenters. The maximum atomic E-state index is 11.2. The highest BCUT2D eigenvalue weighted by molar-refractivity contribution is 5.79. The highest BCUT2D eigenvalue weighted by Gasteiger charge is 2.26. The van der Waals surface area contributed by atoms with Crippen LogP contribution in [0, 0.1) is 0 Å². The number of nitrogens with one attached hydrogen (secondary N) is 2. The van der Waals surface area contributed by atoms with Gasteiger partial charge < -0.3 is 15.4 Å². The van der Waals surface area contributed by atoms with Gasteiger partial charge in [0.15, 0.2) is 0 Å². The molecule has 14 heavy (non-hydrogen) atoms. The zero-order valence-corrected chi connectivity index (χ0v) is 8.72. The van der Waals surface area contributed by atoms with E-state index in [4.69, 9.17) is 4.74 Å². The van der Waals surface area contributed by atoms with Gasteiger partial charge in [0.25, 0.3) is 0 Å². The minimum atomic E-state index is -0.473. The summed E-state index contributed by atoms with van der Waals surface area (Å²) in [5.74, 6) is -0.0708. The fraction of sp³-hybridized carbons (Fsp3) is 0.778. The van der Waals surface area contributed by atoms with Crippen LogP contribution < -0.4 is 10.6 Å². The Balaban J connectivity index is 2.31. The predicted octanol–water partition coefficient (Wildman–Crippen LogP) is 0.400. The quantitative estimate of drug-likeness (QED) is 0.643. The Morgan fingerprint density at radius 2 is 2.21 bits per heavy atom. The third-order valence-electron chi connectivity index (χ3n) is 1.69. The summed E-state index contributed by atoms with van der Waals surface area (Å²) in [4.78, 5) is 22.0. The zero-order valence-electron chi connectivity index (χ0n) is 8.72. The van der Waals surface area contributed by atoms with Gasteiger partial charge in [-0.05, 0) is 20.8 Å². The number of ether oxygens (including phenoxy) is 1. The van der Waals surface area contributed by atoms with Crippen LogP contribution in [0.5, 0.6) is 0 Å². The lowest BCUT2D eigenvalue weighted by atomic mass is 10.1. The Morgan fingerprint density at radius 1 is 1.57 bits per heavy atom. The van der Waals surface area contributed by atoms with Gasteiger partial charge in [-0.3, -0.25) is 4.79 Å². The Hall–Kier alpha value is -1.26. The summed E-state index contributed by atoms with van der Waals surface area (Å²) < 4.78 is 5.02. The monoisotopic (exact) mass is 200 g/mol. The van der Waals surface area contributed by atoms with Crippen molar-refractivity contribution in [2.24, 2.45) is 0 Å². The van der Waals surface area contributed by atoms with E-state index in [1.54, 1.807) is 0 Å². The molecule has 0 radical (unpaired) electrons. The molecule has 0 aromatic heterocycles. The van der Waals surface area contributed by atoms with Gasteiger partial charge in [0.05, 0.1) is 13.0 Å². The molecule has 1 aliphatic rings. The van der Waals surface area contributed by atoms with Crippen molar-refractivity contribution >= 4 is 12.0 Å². The van der Waals surface area contributed by atoms with Crippen molar-refractivity contribution in [1.29, 1.82) is 0 Å². The summed E-state index contributed by atoms with van der Waals surface area (Å²) in [6, 6.07) is 0. The molecular weight excluding hydrogens is 184 g/mol. The number of hydrogen-bond donors (Lipinski definition) is 2. The molecule has 80 valence electrons. The van der Waals surface area contributed by atoms with E-state index in [0.29, 0.717) is 6.54 Å². The molecule has 0 bridgehead atoms. The van der Waals surface area contributed by atoms with Crippen molar-refractivity contribution in [3.8, 4) is 0 Å². The predicted molar refractivity (Wildman–Crippen MR) is 50.8 cm³/mol. The fourth-order valence-corrected chi connectivity index (χ4v) is 1.15. The topological polar surface area (TPSA) is 67.4 Å². The Bertz CT molecular complexity index is 245. The smallest absolute Gasteiger partial charge is 0.407 e. The van der Waals surface area contributed by atoms with Gasteiger partial charge in [0.1, 0.15) is 6.10 Å². The molecule has 1 rings (SSSR count). The molecule has 2 N–H and O–H groups in total. The van der Waals surface area contributed by atoms with E-state index in [9.17, 15) is 9.59 Å². The van der Waals surface area contributed by atoms with Crippen LogP contribution in [-0.2, 0) is 9.53 Å². The van der Waals surface area contributed by atoms with Crippen molar-refractivity contribution < 1.29 is 14.3 Å². The molecule has 0 aromatic carbocycles. The summed E-state index contributed by atoms with van der Waals surface area (Å²) >= 11 is 0. The van der Waals surface area contributed by atoms with Crippen LogP contribution in [0.4, 0.5) is 4.79 Å². The third-order valence-corrected chi connectivity index (χ3v) is 1.69. The molecule has 0 spiro atoms. The maximum absolute atomic E-state index is 11.2. The minimum absolute atomic E-state index is 0.0708. The highest BCUT2D eigenvalue weighted by Crippen LogP contribution is 2.06. The first-order valence-corrected chi connectivity index (χ1v) is 4.62. The number of alkyl carbamates (subject to hydrolysis) is 1. The third kappa shape index (κ3) is 3.64. The van der Waals surface area contributed by atoms with Gasteiger partial charge in [-0.25, -0.2) is 4.79 Å². The maximum Gasteiger partial charge on any atom is 0.407 e. The van der Waals surface area contributed by atoms with Crippen LogP contribution in [0.15, 0.2) is 0 Å². The highest BCUT2D eigenvalue weighted by atomic mass is 16.6. The largest absolute Gasteiger partial charge is 0.444 e. The molecular formula is C9H16N2O3. The molecule has 1 aliphatic heterocycles. The van der Waals surface area contributed by atoms with E-state index in [1.165, 1.54) is 0 Å². The lowest BCUT2D eigenvalue weighted by Gasteiger charge is -2.21. The van der Waals surface area contributed by atoms with Gasteiger partial charge >= 0.3 is 6.09 Å². The first kappa shape index (κ1) is 10.8. The Labute approximate surface area is 83.2 Å². The average Bonchev–Trinajstić information content (AvgIpc) is 2.30. The number of carbonyl (C=O) groups is 2. The van der Waals surface area contributed by atoms with Crippen LogP contribution in [-0.4, -0.2) is 30.2 Å². The first-order valence-electron chi connectivity index (χ1n) is 4.62. The molecule has 0 saturated carbocycles. The Morgan fingerprint density at radius 3 is 2.64 bits per heavy atom. The number of rotatable bonds is 1. The van der Waals surface area contributed by atoms with Crippen LogP contribution in [0.1, 0.15) is 27.2 Å². The molecule has 2 amide bonds. The van der Waals surface area contributed by atoms with Crippen molar-refractivity contribution in [1.82, 2.24) is 10.6 Å². The van der Waals surface area contributed by atoms with Gasteiger partial charge in [-0.2, -0.15) is 0 Å². The SMILES string of the molecule is CC(C)(C)NC(=O)O[C@H]1CNC(=O)C1. The lowest BCUT2D eigenvalue weighted by molar-refractivity contribution is -0.119. The van der Waals surface area contributed by atoms with E-state index >= 15 is 0 Å². The van der Waals surface area contributed by atoms with Gasteiger partial charge in [0.2, 0.25) is 5.91 Å². The molecule has 0 aromatic rings. The van der Waals surface area contributed by atoms with Crippen molar-refractivity contribution in [3.63, 3.8) is 0 Å². The molecule has 1 heterocycles. The van der Waals surface area contributed by atoms with Gasteiger partial charge in [-0.15, -0.1) is 0 Å². The second-order valence-electron chi connectivity index (χ2n) is 4.41. The van der Waals surface area contributed by atoms with Crippen LogP contribution in [0.2, 0.25) is 0 Å². The summed E-state index contributed by atoms with van der Waals surface area (Å²) in [6.07, 6.45) is -0.541. The second kappa shape index (κ2) is 3.86. The first-order chi connectivity index (χ1) is 6.37. The van der Waals surface area contributed by atoms with Crippen molar-refractivity contribution in [3.05, 3.63) is 0 Å². The van der Waals surface area contributed by atoms with Crippen LogP contribution >= 0.6 is 0 Å². The zero-order chi connectivity index (χ0) is 10.8. The molecule has 1 fully saturated rings. The minimum Gasteiger partial charge on any atom is -0.444 e. The van der Waals surface area contributed by atoms with Gasteiger partial charge in [-0.1, -0.05) is 0 Å². The second-order valence-corrected chi connectivity index (χ2v) is 4.41. The van der Waals surface area contributed by atoms with E-state index in [1.807, 2.05) is 20.8 Å². The molecule has 1 saturated heterocycles. The number of amides is 2. The fourth-order valence-electron chi connectivity index (χ4n) is 1.15. The Kier molecular flexibility index (Phi) is 2.98. The number of carbonyl (C=O) groups excluding carboxylic acids is 2. The summed E-state index contributed by atoms with van der Waals surface area (Å²) in [5.41, 5.74) is -0.312. The average molecular weight is 200 g/mol. The van der Waals surface area contributed by atoms with E-state index < -0.39 is 6.09 Å².